The predicted molar refractivity (Wildman–Crippen MR) is 66.0 cm³/mol. The van der Waals surface area contributed by atoms with Gasteiger partial charge in [0.25, 0.3) is 0 Å². The van der Waals surface area contributed by atoms with E-state index in [1.165, 1.54) is 36.7 Å². The normalized spacial score (nSPS) is 11.3. The van der Waals surface area contributed by atoms with E-state index in [1.54, 1.807) is 0 Å². The molecule has 104 valence electrons. The van der Waals surface area contributed by atoms with Gasteiger partial charge in [-0.2, -0.15) is 13.2 Å². The molecule has 0 radical (unpaired) electrons. The number of aromatic nitrogens is 1. The van der Waals surface area contributed by atoms with Crippen molar-refractivity contribution < 1.29 is 23.1 Å². The second-order valence-corrected chi connectivity index (χ2v) is 4.18. The van der Waals surface area contributed by atoms with Crippen LogP contribution in [-0.4, -0.2) is 16.1 Å². The van der Waals surface area contributed by atoms with Gasteiger partial charge in [0, 0.05) is 12.4 Å². The Morgan fingerprint density at radius 1 is 1.15 bits per heavy atom. The Bertz CT molecular complexity index is 624. The molecule has 0 aliphatic rings. The van der Waals surface area contributed by atoms with Gasteiger partial charge >= 0.3 is 12.1 Å². The second-order valence-electron chi connectivity index (χ2n) is 4.18. The molecule has 2 rings (SSSR count). The van der Waals surface area contributed by atoms with Crippen molar-refractivity contribution in [2.75, 3.05) is 0 Å². The van der Waals surface area contributed by atoms with Crippen LogP contribution in [0.4, 0.5) is 13.2 Å². The molecule has 0 bridgehead atoms. The van der Waals surface area contributed by atoms with Crippen molar-refractivity contribution in [2.24, 2.45) is 0 Å². The van der Waals surface area contributed by atoms with Crippen LogP contribution < -0.4 is 0 Å². The van der Waals surface area contributed by atoms with E-state index in [4.69, 9.17) is 5.11 Å². The molecular weight excluding hydrogens is 271 g/mol. The number of aliphatic carboxylic acids is 1. The Kier molecular flexibility index (Phi) is 3.74. The van der Waals surface area contributed by atoms with Gasteiger partial charge in [-0.3, -0.25) is 9.78 Å². The number of pyridine rings is 1. The molecule has 2 aromatic rings. The SMILES string of the molecule is O=C(O)Cc1ccc(C(F)(F)F)c(-c2ccncc2)c1. The largest absolute Gasteiger partial charge is 0.481 e. The van der Waals surface area contributed by atoms with Crippen molar-refractivity contribution >= 4 is 5.97 Å². The van der Waals surface area contributed by atoms with Crippen LogP contribution >= 0.6 is 0 Å². The molecule has 1 heterocycles. The summed E-state index contributed by atoms with van der Waals surface area (Å²) in [6.07, 6.45) is -2.05. The molecule has 0 aliphatic carbocycles. The fraction of sp³-hybridized carbons (Fsp3) is 0.143. The molecule has 1 aromatic heterocycles. The molecule has 20 heavy (non-hydrogen) atoms. The van der Waals surface area contributed by atoms with Gasteiger partial charge in [0.1, 0.15) is 0 Å². The monoisotopic (exact) mass is 281 g/mol. The maximum Gasteiger partial charge on any atom is 0.417 e. The van der Waals surface area contributed by atoms with E-state index in [1.807, 2.05) is 0 Å². The third-order valence-corrected chi connectivity index (χ3v) is 2.74. The summed E-state index contributed by atoms with van der Waals surface area (Å²) in [7, 11) is 0. The van der Waals surface area contributed by atoms with E-state index >= 15 is 0 Å². The molecule has 6 heteroatoms. The van der Waals surface area contributed by atoms with Crippen molar-refractivity contribution in [2.45, 2.75) is 12.6 Å². The molecule has 0 saturated carbocycles. The van der Waals surface area contributed by atoms with E-state index in [0.717, 1.165) is 6.07 Å². The van der Waals surface area contributed by atoms with Crippen LogP contribution in [0.25, 0.3) is 11.1 Å². The molecule has 0 fully saturated rings. The fourth-order valence-corrected chi connectivity index (χ4v) is 1.89. The first-order valence-electron chi connectivity index (χ1n) is 5.70. The molecule has 0 saturated heterocycles. The first-order chi connectivity index (χ1) is 9.38. The first-order valence-corrected chi connectivity index (χ1v) is 5.70. The summed E-state index contributed by atoms with van der Waals surface area (Å²) in [6.45, 7) is 0. The Morgan fingerprint density at radius 2 is 1.80 bits per heavy atom. The number of hydrogen-bond donors (Lipinski definition) is 1. The number of hydrogen-bond acceptors (Lipinski definition) is 2. The van der Waals surface area contributed by atoms with Crippen molar-refractivity contribution in [1.82, 2.24) is 4.98 Å². The molecule has 0 atom stereocenters. The number of alkyl halides is 3. The maximum atomic E-state index is 13.0. The zero-order chi connectivity index (χ0) is 14.8. The second kappa shape index (κ2) is 5.32. The number of halogens is 3. The highest BCUT2D eigenvalue weighted by Crippen LogP contribution is 2.37. The van der Waals surface area contributed by atoms with E-state index in [9.17, 15) is 18.0 Å². The quantitative estimate of drug-likeness (QED) is 0.938. The summed E-state index contributed by atoms with van der Waals surface area (Å²) in [5.41, 5.74) is -0.173. The van der Waals surface area contributed by atoms with Crippen LogP contribution in [0.5, 0.6) is 0 Å². The third-order valence-electron chi connectivity index (χ3n) is 2.74. The first kappa shape index (κ1) is 14.0. The fourth-order valence-electron chi connectivity index (χ4n) is 1.89. The van der Waals surface area contributed by atoms with Crippen LogP contribution in [0.3, 0.4) is 0 Å². The summed E-state index contributed by atoms with van der Waals surface area (Å²) < 4.78 is 39.0. The summed E-state index contributed by atoms with van der Waals surface area (Å²) in [4.78, 5) is 14.4. The number of nitrogens with zero attached hydrogens (tertiary/aromatic N) is 1. The van der Waals surface area contributed by atoms with Gasteiger partial charge in [0.05, 0.1) is 12.0 Å². The average Bonchev–Trinajstić information content (AvgIpc) is 2.37. The molecule has 3 nitrogen and oxygen atoms in total. The number of carboxylic acid groups (broad SMARTS) is 1. The number of rotatable bonds is 3. The molecule has 0 aliphatic heterocycles. The smallest absolute Gasteiger partial charge is 0.417 e. The van der Waals surface area contributed by atoms with Crippen molar-refractivity contribution in [3.63, 3.8) is 0 Å². The lowest BCUT2D eigenvalue weighted by Crippen LogP contribution is -2.08. The lowest BCUT2D eigenvalue weighted by Gasteiger charge is -2.14. The zero-order valence-electron chi connectivity index (χ0n) is 10.2. The van der Waals surface area contributed by atoms with E-state index < -0.39 is 17.7 Å². The molecule has 0 amide bonds. The maximum absolute atomic E-state index is 13.0. The molecule has 1 aromatic carbocycles. The Hall–Kier alpha value is -2.37. The topological polar surface area (TPSA) is 50.2 Å². The average molecular weight is 281 g/mol. The minimum Gasteiger partial charge on any atom is -0.481 e. The van der Waals surface area contributed by atoms with E-state index in [2.05, 4.69) is 4.98 Å². The highest BCUT2D eigenvalue weighted by atomic mass is 19.4. The number of carbonyl (C=O) groups is 1. The third kappa shape index (κ3) is 3.14. The predicted octanol–water partition coefficient (Wildman–Crippen LogP) is 3.39. The summed E-state index contributed by atoms with van der Waals surface area (Å²) in [6, 6.07) is 6.26. The Labute approximate surface area is 112 Å². The van der Waals surface area contributed by atoms with Crippen LogP contribution in [0, 0.1) is 0 Å². The van der Waals surface area contributed by atoms with Gasteiger partial charge in [0.15, 0.2) is 0 Å². The van der Waals surface area contributed by atoms with Gasteiger partial charge in [-0.25, -0.2) is 0 Å². The lowest BCUT2D eigenvalue weighted by molar-refractivity contribution is -0.137. The summed E-state index contributed by atoms with van der Waals surface area (Å²) in [5, 5.41) is 8.73. The van der Waals surface area contributed by atoms with Gasteiger partial charge < -0.3 is 5.11 Å². The van der Waals surface area contributed by atoms with Crippen molar-refractivity contribution in [3.8, 4) is 11.1 Å². The highest BCUT2D eigenvalue weighted by Gasteiger charge is 2.33. The van der Waals surface area contributed by atoms with Gasteiger partial charge in [-0.1, -0.05) is 6.07 Å². The Balaban J connectivity index is 2.57. The summed E-state index contributed by atoms with van der Waals surface area (Å²) in [5.74, 6) is -1.09. The van der Waals surface area contributed by atoms with E-state index in [-0.39, 0.29) is 12.0 Å². The highest BCUT2D eigenvalue weighted by molar-refractivity contribution is 5.73. The van der Waals surface area contributed by atoms with Crippen molar-refractivity contribution in [3.05, 3.63) is 53.9 Å². The zero-order valence-corrected chi connectivity index (χ0v) is 10.2. The van der Waals surface area contributed by atoms with Crippen molar-refractivity contribution in [1.29, 1.82) is 0 Å². The lowest BCUT2D eigenvalue weighted by atomic mass is 9.96. The van der Waals surface area contributed by atoms with Crippen LogP contribution in [0.1, 0.15) is 11.1 Å². The minimum absolute atomic E-state index is 0.0429. The van der Waals surface area contributed by atoms with E-state index in [0.29, 0.717) is 11.1 Å². The van der Waals surface area contributed by atoms with Gasteiger partial charge in [-0.05, 0) is 41.0 Å². The van der Waals surface area contributed by atoms with Gasteiger partial charge in [-0.15, -0.1) is 0 Å². The standard InChI is InChI=1S/C14H10F3NO2/c15-14(16,17)12-2-1-9(8-13(19)20)7-11(12)10-3-5-18-6-4-10/h1-7H,8H2,(H,19,20). The molecule has 0 spiro atoms. The summed E-state index contributed by atoms with van der Waals surface area (Å²) >= 11 is 0. The van der Waals surface area contributed by atoms with Gasteiger partial charge in [0.2, 0.25) is 0 Å². The Morgan fingerprint density at radius 3 is 2.35 bits per heavy atom. The molecular formula is C14H10F3NO2. The molecule has 0 unspecified atom stereocenters. The van der Waals surface area contributed by atoms with Crippen LogP contribution in [0.15, 0.2) is 42.7 Å². The van der Waals surface area contributed by atoms with Crippen LogP contribution in [0.2, 0.25) is 0 Å². The molecule has 1 N–H and O–H groups in total. The minimum atomic E-state index is -4.50. The number of carboxylic acids is 1. The number of benzene rings is 1. The van der Waals surface area contributed by atoms with Crippen LogP contribution in [-0.2, 0) is 17.4 Å².